The quantitative estimate of drug-likeness (QED) is 0.367. The van der Waals surface area contributed by atoms with Crippen LogP contribution in [0.25, 0.3) is 0 Å². The summed E-state index contributed by atoms with van der Waals surface area (Å²) in [6.45, 7) is 12.6. The molecule has 2 rings (SSSR count). The number of thiophene rings is 1. The van der Waals surface area contributed by atoms with Gasteiger partial charge in [0.05, 0.1) is 12.7 Å². The van der Waals surface area contributed by atoms with Gasteiger partial charge in [-0.25, -0.2) is 9.98 Å². The van der Waals surface area contributed by atoms with E-state index in [1.165, 1.54) is 9.75 Å². The third-order valence-corrected chi connectivity index (χ3v) is 4.73. The van der Waals surface area contributed by atoms with E-state index in [2.05, 4.69) is 67.4 Å². The fraction of sp³-hybridized carbons (Fsp3) is 0.556. The minimum absolute atomic E-state index is 0. The Labute approximate surface area is 171 Å². The SMILES string of the molecule is CCNC(=NCc1ncc(C(C)(C)C)o1)NCc1ccc(CC)s1.I. The molecule has 140 valence electrons. The summed E-state index contributed by atoms with van der Waals surface area (Å²) in [5.41, 5.74) is -0.0339. The molecule has 0 radical (unpaired) electrons. The lowest BCUT2D eigenvalue weighted by molar-refractivity contribution is 0.383. The number of aromatic nitrogens is 1. The molecule has 0 aliphatic heterocycles. The zero-order chi connectivity index (χ0) is 17.6. The molecule has 0 spiro atoms. The molecule has 25 heavy (non-hydrogen) atoms. The maximum Gasteiger partial charge on any atom is 0.216 e. The summed E-state index contributed by atoms with van der Waals surface area (Å²) in [6.07, 6.45) is 2.88. The minimum atomic E-state index is -0.0339. The van der Waals surface area contributed by atoms with Crippen molar-refractivity contribution in [3.63, 3.8) is 0 Å². The van der Waals surface area contributed by atoms with E-state index in [0.29, 0.717) is 12.4 Å². The van der Waals surface area contributed by atoms with Gasteiger partial charge in [-0.15, -0.1) is 35.3 Å². The molecule has 0 saturated heterocycles. The maximum absolute atomic E-state index is 5.79. The Morgan fingerprint density at radius 1 is 1.20 bits per heavy atom. The van der Waals surface area contributed by atoms with Gasteiger partial charge in [0.25, 0.3) is 0 Å². The molecule has 0 atom stereocenters. The van der Waals surface area contributed by atoms with E-state index < -0.39 is 0 Å². The number of nitrogens with zero attached hydrogens (tertiary/aromatic N) is 2. The molecule has 0 aromatic carbocycles. The van der Waals surface area contributed by atoms with Gasteiger partial charge in [-0.2, -0.15) is 0 Å². The average molecular weight is 476 g/mol. The van der Waals surface area contributed by atoms with Crippen molar-refractivity contribution in [1.29, 1.82) is 0 Å². The maximum atomic E-state index is 5.79. The Balaban J connectivity index is 0.00000312. The molecule has 7 heteroatoms. The highest BCUT2D eigenvalue weighted by Crippen LogP contribution is 2.22. The van der Waals surface area contributed by atoms with Gasteiger partial charge in [-0.1, -0.05) is 27.7 Å². The molecule has 5 nitrogen and oxygen atoms in total. The summed E-state index contributed by atoms with van der Waals surface area (Å²) in [6, 6.07) is 4.36. The summed E-state index contributed by atoms with van der Waals surface area (Å²) in [4.78, 5) is 11.6. The average Bonchev–Trinajstić information content (AvgIpc) is 3.18. The standard InChI is InChI=1S/C18H28N4OS.HI/c1-6-13-8-9-14(24-13)10-21-17(19-7-2)22-12-16-20-11-15(23-16)18(3,4)5;/h8-9,11H,6-7,10,12H2,1-5H3,(H2,19,21,22);1H. The Kier molecular flexibility index (Phi) is 8.92. The molecule has 2 aromatic heterocycles. The summed E-state index contributed by atoms with van der Waals surface area (Å²) in [5.74, 6) is 2.30. The molecule has 0 saturated carbocycles. The Bertz CT molecular complexity index is 673. The number of aliphatic imine (C=N–C) groups is 1. The number of nitrogens with one attached hydrogen (secondary N) is 2. The molecule has 2 N–H and O–H groups in total. The molecule has 2 aromatic rings. The number of oxazole rings is 1. The molecule has 0 aliphatic rings. The highest BCUT2D eigenvalue weighted by molar-refractivity contribution is 14.0. The Morgan fingerprint density at radius 3 is 2.48 bits per heavy atom. The van der Waals surface area contributed by atoms with Crippen LogP contribution in [0, 0.1) is 0 Å². The summed E-state index contributed by atoms with van der Waals surface area (Å²) in [7, 11) is 0. The van der Waals surface area contributed by atoms with Gasteiger partial charge in [0, 0.05) is 21.7 Å². The molecular weight excluding hydrogens is 447 g/mol. The van der Waals surface area contributed by atoms with Crippen LogP contribution < -0.4 is 10.6 Å². The van der Waals surface area contributed by atoms with Crippen LogP contribution in [0.5, 0.6) is 0 Å². The van der Waals surface area contributed by atoms with Crippen molar-refractivity contribution in [2.45, 2.75) is 59.5 Å². The number of hydrogen-bond acceptors (Lipinski definition) is 4. The van der Waals surface area contributed by atoms with Crippen molar-refractivity contribution in [2.75, 3.05) is 6.54 Å². The third kappa shape index (κ3) is 6.97. The fourth-order valence-electron chi connectivity index (χ4n) is 2.10. The first-order chi connectivity index (χ1) is 11.4. The second kappa shape index (κ2) is 10.2. The van der Waals surface area contributed by atoms with E-state index in [9.17, 15) is 0 Å². The lowest BCUT2D eigenvalue weighted by atomic mass is 9.94. The molecule has 0 unspecified atom stereocenters. The van der Waals surface area contributed by atoms with Crippen LogP contribution in [0.15, 0.2) is 27.7 Å². The Morgan fingerprint density at radius 2 is 1.92 bits per heavy atom. The van der Waals surface area contributed by atoms with E-state index in [1.807, 2.05) is 11.3 Å². The summed E-state index contributed by atoms with van der Waals surface area (Å²) < 4.78 is 5.79. The minimum Gasteiger partial charge on any atom is -0.443 e. The second-order valence-corrected chi connectivity index (χ2v) is 7.89. The van der Waals surface area contributed by atoms with Crippen molar-refractivity contribution in [2.24, 2.45) is 4.99 Å². The van der Waals surface area contributed by atoms with E-state index in [0.717, 1.165) is 31.2 Å². The van der Waals surface area contributed by atoms with E-state index in [1.54, 1.807) is 6.20 Å². The van der Waals surface area contributed by atoms with Crippen LogP contribution in [0.4, 0.5) is 0 Å². The monoisotopic (exact) mass is 476 g/mol. The van der Waals surface area contributed by atoms with E-state index >= 15 is 0 Å². The number of halogens is 1. The molecular formula is C18H29IN4OS. The molecule has 0 amide bonds. The Hall–Kier alpha value is -1.09. The van der Waals surface area contributed by atoms with Gasteiger partial charge in [0.2, 0.25) is 5.89 Å². The van der Waals surface area contributed by atoms with Gasteiger partial charge in [0.15, 0.2) is 5.96 Å². The molecule has 0 bridgehead atoms. The first kappa shape index (κ1) is 22.0. The van der Waals surface area contributed by atoms with E-state index in [-0.39, 0.29) is 29.4 Å². The third-order valence-electron chi connectivity index (χ3n) is 3.51. The van der Waals surface area contributed by atoms with Gasteiger partial charge < -0.3 is 15.1 Å². The van der Waals surface area contributed by atoms with Crippen LogP contribution in [-0.4, -0.2) is 17.5 Å². The predicted octanol–water partition coefficient (Wildman–Crippen LogP) is 4.47. The van der Waals surface area contributed by atoms with Crippen molar-refractivity contribution in [3.8, 4) is 0 Å². The smallest absolute Gasteiger partial charge is 0.216 e. The molecule has 2 heterocycles. The largest absolute Gasteiger partial charge is 0.443 e. The van der Waals surface area contributed by atoms with Gasteiger partial charge in [-0.3, -0.25) is 0 Å². The van der Waals surface area contributed by atoms with Crippen molar-refractivity contribution in [3.05, 3.63) is 39.7 Å². The second-order valence-electron chi connectivity index (χ2n) is 6.64. The van der Waals surface area contributed by atoms with Crippen molar-refractivity contribution in [1.82, 2.24) is 15.6 Å². The summed E-state index contributed by atoms with van der Waals surface area (Å²) >= 11 is 1.84. The lowest BCUT2D eigenvalue weighted by Crippen LogP contribution is -2.36. The zero-order valence-electron chi connectivity index (χ0n) is 15.7. The van der Waals surface area contributed by atoms with Gasteiger partial charge >= 0.3 is 0 Å². The van der Waals surface area contributed by atoms with Crippen molar-refractivity contribution >= 4 is 41.3 Å². The molecule has 0 fully saturated rings. The van der Waals surface area contributed by atoms with Crippen LogP contribution in [-0.2, 0) is 24.9 Å². The van der Waals surface area contributed by atoms with Crippen LogP contribution in [0.2, 0.25) is 0 Å². The van der Waals surface area contributed by atoms with Crippen LogP contribution >= 0.6 is 35.3 Å². The first-order valence-corrected chi connectivity index (χ1v) is 9.29. The fourth-order valence-corrected chi connectivity index (χ4v) is 2.99. The number of aryl methyl sites for hydroxylation is 1. The van der Waals surface area contributed by atoms with Gasteiger partial charge in [-0.05, 0) is 25.5 Å². The number of rotatable bonds is 6. The normalized spacial score (nSPS) is 12.0. The molecule has 0 aliphatic carbocycles. The van der Waals surface area contributed by atoms with Gasteiger partial charge in [0.1, 0.15) is 12.3 Å². The van der Waals surface area contributed by atoms with Crippen LogP contribution in [0.1, 0.15) is 56.0 Å². The van der Waals surface area contributed by atoms with E-state index in [4.69, 9.17) is 4.42 Å². The number of hydrogen-bond donors (Lipinski definition) is 2. The van der Waals surface area contributed by atoms with Crippen molar-refractivity contribution < 1.29 is 4.42 Å². The highest BCUT2D eigenvalue weighted by Gasteiger charge is 2.19. The zero-order valence-corrected chi connectivity index (χ0v) is 18.8. The first-order valence-electron chi connectivity index (χ1n) is 8.47. The summed E-state index contributed by atoms with van der Waals surface area (Å²) in [5, 5.41) is 6.62. The predicted molar refractivity (Wildman–Crippen MR) is 116 cm³/mol. The highest BCUT2D eigenvalue weighted by atomic mass is 127. The lowest BCUT2D eigenvalue weighted by Gasteiger charge is -2.13. The number of guanidine groups is 1. The van der Waals surface area contributed by atoms with Crippen LogP contribution in [0.3, 0.4) is 0 Å². The topological polar surface area (TPSA) is 62.5 Å².